The number of H-pyrrole nitrogens is 1. The molecule has 1 aromatic carbocycles. The van der Waals surface area contributed by atoms with Gasteiger partial charge in [0.05, 0.1) is 0 Å². The molecule has 0 spiro atoms. The molecule has 17 heavy (non-hydrogen) atoms. The predicted molar refractivity (Wildman–Crippen MR) is 67.0 cm³/mol. The van der Waals surface area contributed by atoms with Crippen molar-refractivity contribution < 1.29 is 0 Å². The van der Waals surface area contributed by atoms with Crippen LogP contribution < -0.4 is 5.69 Å². The van der Waals surface area contributed by atoms with E-state index in [1.807, 2.05) is 18.2 Å². The molecule has 0 unspecified atom stereocenters. The first-order chi connectivity index (χ1) is 8.31. The van der Waals surface area contributed by atoms with Crippen molar-refractivity contribution in [1.29, 1.82) is 0 Å². The van der Waals surface area contributed by atoms with E-state index in [9.17, 15) is 4.79 Å². The van der Waals surface area contributed by atoms with Crippen LogP contribution in [-0.4, -0.2) is 14.8 Å². The minimum atomic E-state index is -0.107. The van der Waals surface area contributed by atoms with Crippen LogP contribution in [0.1, 0.15) is 24.7 Å². The Hall–Kier alpha value is -1.84. The van der Waals surface area contributed by atoms with E-state index in [-0.39, 0.29) is 5.69 Å². The number of nitrogens with one attached hydrogen (secondary N) is 1. The smallest absolute Gasteiger partial charge is 0.279 e. The molecule has 0 aliphatic carbocycles. The van der Waals surface area contributed by atoms with Crippen molar-refractivity contribution in [2.75, 3.05) is 0 Å². The molecule has 0 aliphatic heterocycles. The van der Waals surface area contributed by atoms with Gasteiger partial charge in [-0.05, 0) is 18.4 Å². The van der Waals surface area contributed by atoms with Crippen LogP contribution in [0.5, 0.6) is 0 Å². The third-order valence-electron chi connectivity index (χ3n) is 2.78. The second-order valence-electron chi connectivity index (χ2n) is 4.08. The number of aromatic nitrogens is 3. The predicted octanol–water partition coefficient (Wildman–Crippen LogP) is 1.77. The Morgan fingerprint density at radius 3 is 2.71 bits per heavy atom. The lowest BCUT2D eigenvalue weighted by Gasteiger charge is -2.04. The molecule has 0 saturated carbocycles. The molecule has 4 nitrogen and oxygen atoms in total. The van der Waals surface area contributed by atoms with Crippen LogP contribution >= 0.6 is 0 Å². The summed E-state index contributed by atoms with van der Waals surface area (Å²) >= 11 is 0. The first-order valence-corrected chi connectivity index (χ1v) is 5.99. The highest BCUT2D eigenvalue weighted by atomic mass is 16.1. The van der Waals surface area contributed by atoms with E-state index in [2.05, 4.69) is 29.3 Å². The number of hydrogen-bond donors (Lipinski definition) is 1. The maximum absolute atomic E-state index is 11.6. The fraction of sp³-hybridized carbons (Fsp3) is 0.385. The molecule has 0 bridgehead atoms. The molecule has 0 amide bonds. The molecule has 0 atom stereocenters. The fourth-order valence-electron chi connectivity index (χ4n) is 1.88. The lowest BCUT2D eigenvalue weighted by Crippen LogP contribution is -2.20. The molecule has 2 rings (SSSR count). The van der Waals surface area contributed by atoms with Gasteiger partial charge in [-0.2, -0.15) is 5.10 Å². The Labute approximate surface area is 100 Å². The highest BCUT2D eigenvalue weighted by Gasteiger charge is 2.06. The molecular formula is C13H17N3O. The largest absolute Gasteiger partial charge is 0.343 e. The van der Waals surface area contributed by atoms with Crippen LogP contribution in [-0.2, 0) is 19.4 Å². The first-order valence-electron chi connectivity index (χ1n) is 5.99. The van der Waals surface area contributed by atoms with Crippen LogP contribution in [0.3, 0.4) is 0 Å². The van der Waals surface area contributed by atoms with Gasteiger partial charge in [0.1, 0.15) is 5.82 Å². The van der Waals surface area contributed by atoms with E-state index < -0.39 is 0 Å². The van der Waals surface area contributed by atoms with Gasteiger partial charge < -0.3 is 0 Å². The van der Waals surface area contributed by atoms with Crippen LogP contribution in [0.15, 0.2) is 35.1 Å². The van der Waals surface area contributed by atoms with Crippen molar-refractivity contribution in [3.05, 3.63) is 52.2 Å². The molecule has 0 saturated heterocycles. The maximum Gasteiger partial charge on any atom is 0.343 e. The summed E-state index contributed by atoms with van der Waals surface area (Å²) in [5.74, 6) is 0.855. The lowest BCUT2D eigenvalue weighted by atomic mass is 10.1. The van der Waals surface area contributed by atoms with E-state index >= 15 is 0 Å². The molecule has 4 heteroatoms. The minimum Gasteiger partial charge on any atom is -0.279 e. The van der Waals surface area contributed by atoms with Crippen molar-refractivity contribution in [3.8, 4) is 0 Å². The van der Waals surface area contributed by atoms with Crippen LogP contribution in [0, 0.1) is 0 Å². The first kappa shape index (κ1) is 11.6. The van der Waals surface area contributed by atoms with Crippen LogP contribution in [0.25, 0.3) is 0 Å². The zero-order valence-electron chi connectivity index (χ0n) is 10.0. The fourth-order valence-corrected chi connectivity index (χ4v) is 1.88. The third kappa shape index (κ3) is 2.84. The van der Waals surface area contributed by atoms with Crippen molar-refractivity contribution in [2.45, 2.75) is 32.7 Å². The summed E-state index contributed by atoms with van der Waals surface area (Å²) in [6, 6.07) is 10.2. The Balaban J connectivity index is 2.08. The van der Waals surface area contributed by atoms with Gasteiger partial charge in [0.2, 0.25) is 0 Å². The highest BCUT2D eigenvalue weighted by molar-refractivity contribution is 5.14. The Morgan fingerprint density at radius 1 is 1.24 bits per heavy atom. The van der Waals surface area contributed by atoms with E-state index in [1.54, 1.807) is 4.57 Å². The maximum atomic E-state index is 11.6. The monoisotopic (exact) mass is 231 g/mol. The van der Waals surface area contributed by atoms with Crippen LogP contribution in [0.2, 0.25) is 0 Å². The van der Waals surface area contributed by atoms with Gasteiger partial charge >= 0.3 is 5.69 Å². The molecular weight excluding hydrogens is 214 g/mol. The quantitative estimate of drug-likeness (QED) is 0.852. The van der Waals surface area contributed by atoms with E-state index in [4.69, 9.17) is 0 Å². The van der Waals surface area contributed by atoms with Crippen molar-refractivity contribution in [3.63, 3.8) is 0 Å². The summed E-state index contributed by atoms with van der Waals surface area (Å²) < 4.78 is 1.73. The molecule has 2 aromatic rings. The number of aromatic amines is 1. The van der Waals surface area contributed by atoms with Crippen molar-refractivity contribution in [2.24, 2.45) is 0 Å². The zero-order chi connectivity index (χ0) is 12.1. The lowest BCUT2D eigenvalue weighted by molar-refractivity contribution is 0.626. The van der Waals surface area contributed by atoms with Crippen molar-refractivity contribution in [1.82, 2.24) is 14.8 Å². The number of benzene rings is 1. The third-order valence-corrected chi connectivity index (χ3v) is 2.78. The van der Waals surface area contributed by atoms with Crippen molar-refractivity contribution >= 4 is 0 Å². The SMILES string of the molecule is CCCc1n[nH]c(=O)n1CCc1ccccc1. The Bertz CT molecular complexity index is 513. The van der Waals surface area contributed by atoms with E-state index in [0.717, 1.165) is 25.1 Å². The van der Waals surface area contributed by atoms with Gasteiger partial charge in [0, 0.05) is 13.0 Å². The highest BCUT2D eigenvalue weighted by Crippen LogP contribution is 2.03. The summed E-state index contributed by atoms with van der Waals surface area (Å²) in [6.45, 7) is 2.77. The minimum absolute atomic E-state index is 0.107. The van der Waals surface area contributed by atoms with Gasteiger partial charge in [-0.3, -0.25) is 4.57 Å². The van der Waals surface area contributed by atoms with E-state index in [0.29, 0.717) is 6.54 Å². The molecule has 0 aliphatic rings. The standard InChI is InChI=1S/C13H17N3O/c1-2-6-12-14-15-13(17)16(12)10-9-11-7-4-3-5-8-11/h3-5,7-8H,2,6,9-10H2,1H3,(H,15,17). The molecule has 1 aromatic heterocycles. The number of hydrogen-bond acceptors (Lipinski definition) is 2. The summed E-state index contributed by atoms with van der Waals surface area (Å²) in [7, 11) is 0. The van der Waals surface area contributed by atoms with Gasteiger partial charge in [0.25, 0.3) is 0 Å². The van der Waals surface area contributed by atoms with E-state index in [1.165, 1.54) is 5.56 Å². The normalized spacial score (nSPS) is 10.6. The number of aryl methyl sites for hydroxylation is 2. The molecule has 1 heterocycles. The summed E-state index contributed by atoms with van der Waals surface area (Å²) in [5.41, 5.74) is 1.13. The number of rotatable bonds is 5. The Kier molecular flexibility index (Phi) is 3.75. The van der Waals surface area contributed by atoms with Gasteiger partial charge in [-0.25, -0.2) is 9.89 Å². The molecule has 0 radical (unpaired) electrons. The second kappa shape index (κ2) is 5.48. The summed E-state index contributed by atoms with van der Waals surface area (Å²) in [4.78, 5) is 11.6. The van der Waals surface area contributed by atoms with Crippen LogP contribution in [0.4, 0.5) is 0 Å². The molecule has 1 N–H and O–H groups in total. The average Bonchev–Trinajstić information content (AvgIpc) is 2.70. The topological polar surface area (TPSA) is 50.7 Å². The molecule has 90 valence electrons. The van der Waals surface area contributed by atoms with Gasteiger partial charge in [-0.1, -0.05) is 37.3 Å². The van der Waals surface area contributed by atoms with Gasteiger partial charge in [-0.15, -0.1) is 0 Å². The number of nitrogens with zero attached hydrogens (tertiary/aromatic N) is 2. The summed E-state index contributed by atoms with van der Waals surface area (Å²) in [6.07, 6.45) is 2.69. The average molecular weight is 231 g/mol. The molecule has 0 fully saturated rings. The zero-order valence-corrected chi connectivity index (χ0v) is 10.0. The summed E-state index contributed by atoms with van der Waals surface area (Å²) in [5, 5.41) is 6.56. The Morgan fingerprint density at radius 2 is 2.00 bits per heavy atom. The second-order valence-corrected chi connectivity index (χ2v) is 4.08. The van der Waals surface area contributed by atoms with Gasteiger partial charge in [0.15, 0.2) is 0 Å².